The number of hydrogen-bond donors (Lipinski definition) is 3. The molecule has 4 N–H and O–H groups in total. The first-order valence-corrected chi connectivity index (χ1v) is 9.80. The molecule has 28 heavy (non-hydrogen) atoms. The van der Waals surface area contributed by atoms with Gasteiger partial charge in [0.15, 0.2) is 0 Å². The third-order valence-corrected chi connectivity index (χ3v) is 4.49. The predicted octanol–water partition coefficient (Wildman–Crippen LogP) is 4.78. The maximum absolute atomic E-state index is 12.9. The van der Waals surface area contributed by atoms with E-state index >= 15 is 0 Å². The normalized spacial score (nSPS) is 13.8. The van der Waals surface area contributed by atoms with Crippen LogP contribution in [0.25, 0.3) is 0 Å². The molecule has 0 fully saturated rings. The van der Waals surface area contributed by atoms with Crippen molar-refractivity contribution in [3.8, 4) is 0 Å². The third-order valence-electron chi connectivity index (χ3n) is 3.96. The summed E-state index contributed by atoms with van der Waals surface area (Å²) in [7, 11) is 0. The predicted molar refractivity (Wildman–Crippen MR) is 116 cm³/mol. The van der Waals surface area contributed by atoms with Crippen LogP contribution < -0.4 is 10.5 Å². The molecule has 1 rings (SSSR count). The van der Waals surface area contributed by atoms with Crippen molar-refractivity contribution >= 4 is 29.0 Å². The molecule has 0 aliphatic carbocycles. The number of carboxylic acid groups (broad SMARTS) is 1. The average molecular weight is 402 g/mol. The molecular weight excluding hydrogens is 374 g/mol. The number of carbonyl (C=O) groups excluding carboxylic acids is 1. The number of hydrogen-bond acceptors (Lipinski definition) is 4. The van der Waals surface area contributed by atoms with Gasteiger partial charge in [-0.3, -0.25) is 9.93 Å². The van der Waals surface area contributed by atoms with Gasteiger partial charge in [0.2, 0.25) is 0 Å². The van der Waals surface area contributed by atoms with Crippen LogP contribution in [0.15, 0.2) is 70.8 Å². The molecule has 150 valence electrons. The second-order valence-corrected chi connectivity index (χ2v) is 6.75. The van der Waals surface area contributed by atoms with Gasteiger partial charge in [0, 0.05) is 11.1 Å². The van der Waals surface area contributed by atoms with Gasteiger partial charge in [-0.05, 0) is 49.4 Å². The fourth-order valence-corrected chi connectivity index (χ4v) is 3.07. The van der Waals surface area contributed by atoms with Gasteiger partial charge >= 0.3 is 6.09 Å². The molecule has 0 heterocycles. The largest absolute Gasteiger partial charge is 0.463 e. The maximum Gasteiger partial charge on any atom is 0.432 e. The molecule has 2 amide bonds. The van der Waals surface area contributed by atoms with E-state index in [4.69, 9.17) is 10.2 Å². The highest BCUT2D eigenvalue weighted by Gasteiger charge is 2.17. The lowest BCUT2D eigenvalue weighted by Gasteiger charge is -2.19. The Hall–Kier alpha value is -2.64. The second kappa shape index (κ2) is 11.9. The SMILES string of the molecule is C=C(C)C(=C\C(=C/C)C(=O)N[C@H](CCC)c1ccccc1)/C(=N/C(=O)O)SN. The summed E-state index contributed by atoms with van der Waals surface area (Å²) in [4.78, 5) is 27.3. The minimum Gasteiger partial charge on any atom is -0.463 e. The highest BCUT2D eigenvalue weighted by Crippen LogP contribution is 2.21. The molecule has 1 aromatic rings. The van der Waals surface area contributed by atoms with Crippen LogP contribution in [0.5, 0.6) is 0 Å². The molecule has 6 nitrogen and oxygen atoms in total. The van der Waals surface area contributed by atoms with Crippen molar-refractivity contribution in [3.05, 3.63) is 71.3 Å². The van der Waals surface area contributed by atoms with E-state index < -0.39 is 6.09 Å². The van der Waals surface area contributed by atoms with Crippen molar-refractivity contribution in [2.45, 2.75) is 39.7 Å². The summed E-state index contributed by atoms with van der Waals surface area (Å²) in [5.74, 6) is -0.264. The van der Waals surface area contributed by atoms with Crippen molar-refractivity contribution in [1.29, 1.82) is 0 Å². The topological polar surface area (TPSA) is 105 Å². The first-order chi connectivity index (χ1) is 13.3. The van der Waals surface area contributed by atoms with Crippen molar-refractivity contribution in [2.24, 2.45) is 10.1 Å². The molecule has 0 bridgehead atoms. The zero-order chi connectivity index (χ0) is 21.1. The van der Waals surface area contributed by atoms with Crippen molar-refractivity contribution in [2.75, 3.05) is 0 Å². The standard InChI is InChI=1S/C21H27N3O3S/c1-5-10-18(16-11-8-7-9-12-16)23-19(25)15(6-2)13-17(14(3)4)20(28-22)24-21(26)27/h6-9,11-13,18H,3,5,10,22H2,1-2,4H3,(H,23,25)(H,26,27)/b15-6+,17-13+,24-20-/t18-/m1/s1. The quantitative estimate of drug-likeness (QED) is 0.191. The van der Waals surface area contributed by atoms with E-state index in [0.717, 1.165) is 18.4 Å². The molecule has 0 radical (unpaired) electrons. The van der Waals surface area contributed by atoms with Crippen molar-refractivity contribution in [3.63, 3.8) is 0 Å². The second-order valence-electron chi connectivity index (χ2n) is 6.13. The molecule has 1 atom stereocenters. The number of nitrogens with one attached hydrogen (secondary N) is 1. The van der Waals surface area contributed by atoms with Crippen molar-refractivity contribution in [1.82, 2.24) is 5.32 Å². The van der Waals surface area contributed by atoms with Gasteiger partial charge in [0.05, 0.1) is 6.04 Å². The van der Waals surface area contributed by atoms with E-state index in [9.17, 15) is 9.59 Å². The molecule has 7 heteroatoms. The Labute approximate surface area is 170 Å². The molecule has 1 aromatic carbocycles. The van der Waals surface area contributed by atoms with Gasteiger partial charge in [0.1, 0.15) is 5.04 Å². The molecule has 0 aliphatic rings. The zero-order valence-electron chi connectivity index (χ0n) is 16.4. The number of aliphatic imine (C=N–C) groups is 1. The number of benzene rings is 1. The summed E-state index contributed by atoms with van der Waals surface area (Å²) in [5.41, 5.74) is 2.37. The van der Waals surface area contributed by atoms with Crippen LogP contribution in [0.1, 0.15) is 45.2 Å². The minimum absolute atomic E-state index is 0.0836. The Bertz CT molecular complexity index is 798. The number of nitrogens with two attached hydrogens (primary N) is 1. The van der Waals surface area contributed by atoms with E-state index in [1.807, 2.05) is 30.3 Å². The molecule has 0 saturated carbocycles. The minimum atomic E-state index is -1.36. The molecule has 0 spiro atoms. The van der Waals surface area contributed by atoms with E-state index in [1.54, 1.807) is 26.0 Å². The Morgan fingerprint density at radius 1 is 1.36 bits per heavy atom. The molecule has 0 aliphatic heterocycles. The molecule has 0 saturated heterocycles. The van der Waals surface area contributed by atoms with Crippen LogP contribution >= 0.6 is 11.9 Å². The van der Waals surface area contributed by atoms with E-state index in [1.165, 1.54) is 0 Å². The fraction of sp³-hybridized carbons (Fsp3) is 0.286. The molecule has 0 unspecified atom stereocenters. The van der Waals surface area contributed by atoms with Crippen LogP contribution in [-0.4, -0.2) is 22.2 Å². The summed E-state index contributed by atoms with van der Waals surface area (Å²) < 4.78 is 0. The lowest BCUT2D eigenvalue weighted by Crippen LogP contribution is -2.29. The van der Waals surface area contributed by atoms with E-state index in [-0.39, 0.29) is 17.0 Å². The Balaban J connectivity index is 3.19. The van der Waals surface area contributed by atoms with Gasteiger partial charge in [-0.1, -0.05) is 56.3 Å². The number of carbonyl (C=O) groups is 2. The van der Waals surface area contributed by atoms with Gasteiger partial charge in [-0.15, -0.1) is 0 Å². The summed E-state index contributed by atoms with van der Waals surface area (Å²) in [6, 6.07) is 9.65. The molecular formula is C21H27N3O3S. The highest BCUT2D eigenvalue weighted by molar-refractivity contribution is 8.12. The first kappa shape index (κ1) is 23.4. The monoisotopic (exact) mass is 401 g/mol. The average Bonchev–Trinajstić information content (AvgIpc) is 2.67. The molecule has 0 aromatic heterocycles. The Morgan fingerprint density at radius 3 is 2.46 bits per heavy atom. The van der Waals surface area contributed by atoms with Gasteiger partial charge < -0.3 is 10.4 Å². The number of amides is 2. The van der Waals surface area contributed by atoms with Gasteiger partial charge in [-0.25, -0.2) is 4.79 Å². The van der Waals surface area contributed by atoms with E-state index in [2.05, 4.69) is 23.8 Å². The fourth-order valence-electron chi connectivity index (χ4n) is 2.58. The first-order valence-electron chi connectivity index (χ1n) is 8.92. The number of allylic oxidation sites excluding steroid dienone is 2. The Morgan fingerprint density at radius 2 is 2.00 bits per heavy atom. The third kappa shape index (κ3) is 7.17. The van der Waals surface area contributed by atoms with Crippen LogP contribution in [0, 0.1) is 0 Å². The summed E-state index contributed by atoms with van der Waals surface area (Å²) in [6.07, 6.45) is 3.57. The van der Waals surface area contributed by atoms with Gasteiger partial charge in [-0.2, -0.15) is 4.99 Å². The number of rotatable bonds is 8. The summed E-state index contributed by atoms with van der Waals surface area (Å²) in [5, 5.41) is 17.6. The smallest absolute Gasteiger partial charge is 0.432 e. The van der Waals surface area contributed by atoms with E-state index in [0.29, 0.717) is 28.7 Å². The number of nitrogens with zero attached hydrogens (tertiary/aromatic N) is 1. The lowest BCUT2D eigenvalue weighted by molar-refractivity contribution is -0.118. The van der Waals surface area contributed by atoms with Crippen LogP contribution in [0.2, 0.25) is 0 Å². The van der Waals surface area contributed by atoms with Crippen LogP contribution in [0.3, 0.4) is 0 Å². The summed E-state index contributed by atoms with van der Waals surface area (Å²) >= 11 is 0.699. The maximum atomic E-state index is 12.9. The van der Waals surface area contributed by atoms with Gasteiger partial charge in [0.25, 0.3) is 5.91 Å². The zero-order valence-corrected chi connectivity index (χ0v) is 17.3. The lowest BCUT2D eigenvalue weighted by atomic mass is 10.0. The van der Waals surface area contributed by atoms with Crippen LogP contribution in [-0.2, 0) is 4.79 Å². The Kier molecular flexibility index (Phi) is 9.98. The van der Waals surface area contributed by atoms with Crippen LogP contribution in [0.4, 0.5) is 4.79 Å². The highest BCUT2D eigenvalue weighted by atomic mass is 32.2. The summed E-state index contributed by atoms with van der Waals surface area (Å²) in [6.45, 7) is 9.35. The van der Waals surface area contributed by atoms with Crippen molar-refractivity contribution < 1.29 is 14.7 Å².